The van der Waals surface area contributed by atoms with Crippen LogP contribution >= 0.6 is 0 Å². The lowest BCUT2D eigenvalue weighted by molar-refractivity contribution is -0.136. The Bertz CT molecular complexity index is 1690. The van der Waals surface area contributed by atoms with Gasteiger partial charge in [-0.25, -0.2) is 13.2 Å². The molecular weight excluding hydrogens is 581 g/mol. The number of nitrogens with zero attached hydrogens (tertiary/aromatic N) is 5. The zero-order chi connectivity index (χ0) is 30.7. The number of hydrogen-bond acceptors (Lipinski definition) is 8. The minimum absolute atomic E-state index is 0.0186. The Hall–Kier alpha value is -4.46. The predicted molar refractivity (Wildman–Crippen MR) is 149 cm³/mol. The van der Waals surface area contributed by atoms with Gasteiger partial charge in [-0.15, -0.1) is 0 Å². The summed E-state index contributed by atoms with van der Waals surface area (Å²) < 4.78 is 50.1. The number of anilines is 1. The lowest BCUT2D eigenvalue weighted by atomic mass is 9.96. The van der Waals surface area contributed by atoms with E-state index in [0.29, 0.717) is 48.5 Å². The van der Waals surface area contributed by atoms with E-state index in [1.54, 1.807) is 17.0 Å². The monoisotopic (exact) mass is 610 g/mol. The molecule has 1 aromatic heterocycles. The predicted octanol–water partition coefficient (Wildman–Crippen LogP) is 2.40. The molecule has 0 radical (unpaired) electrons. The molecule has 3 aromatic rings. The fraction of sp³-hybridized carbons (Fsp3) is 0.433. The van der Waals surface area contributed by atoms with Crippen molar-refractivity contribution in [2.45, 2.75) is 43.8 Å². The lowest BCUT2D eigenvalue weighted by Gasteiger charge is -2.46. The van der Waals surface area contributed by atoms with Gasteiger partial charge in [-0.05, 0) is 42.7 Å². The molecule has 5 heterocycles. The fourth-order valence-corrected chi connectivity index (χ4v) is 6.88. The summed E-state index contributed by atoms with van der Waals surface area (Å²) >= 11 is 0. The first-order chi connectivity index (χ1) is 21.1. The number of imide groups is 1. The summed E-state index contributed by atoms with van der Waals surface area (Å²) in [7, 11) is 0. The third-order valence-corrected chi connectivity index (χ3v) is 9.13. The molecular formula is C30H29F3N6O5. The molecule has 2 aromatic carbocycles. The fourth-order valence-electron chi connectivity index (χ4n) is 6.88. The van der Waals surface area contributed by atoms with Crippen molar-refractivity contribution < 1.29 is 36.9 Å². The van der Waals surface area contributed by atoms with Crippen LogP contribution in [0.5, 0.6) is 0 Å². The summed E-state index contributed by atoms with van der Waals surface area (Å²) in [6, 6.07) is 6.89. The average Bonchev–Trinajstić information content (AvgIpc) is 3.57. The topological polar surface area (TPSA) is 119 Å². The van der Waals surface area contributed by atoms with Crippen molar-refractivity contribution in [3.8, 4) is 0 Å². The van der Waals surface area contributed by atoms with Crippen molar-refractivity contribution in [3.05, 3.63) is 58.9 Å². The second-order valence-electron chi connectivity index (χ2n) is 11.7. The number of rotatable bonds is 4. The van der Waals surface area contributed by atoms with Gasteiger partial charge in [-0.3, -0.25) is 29.4 Å². The molecule has 0 aliphatic carbocycles. The maximum Gasteiger partial charge on any atom is 0.280 e. The number of benzene rings is 2. The molecule has 4 aliphatic heterocycles. The summed E-state index contributed by atoms with van der Waals surface area (Å²) in [6.07, 6.45) is 0.345. The first-order valence-electron chi connectivity index (χ1n) is 14.6. The first kappa shape index (κ1) is 28.3. The Morgan fingerprint density at radius 2 is 1.82 bits per heavy atom. The number of carbonyl (C=O) groups excluding carboxylic acids is 4. The van der Waals surface area contributed by atoms with E-state index >= 15 is 8.78 Å². The van der Waals surface area contributed by atoms with E-state index in [4.69, 9.17) is 4.52 Å². The third kappa shape index (κ3) is 4.77. The van der Waals surface area contributed by atoms with Gasteiger partial charge in [-0.2, -0.15) is 0 Å². The normalized spacial score (nSPS) is 24.2. The van der Waals surface area contributed by atoms with Crippen LogP contribution in [0.4, 0.5) is 19.0 Å². The van der Waals surface area contributed by atoms with Crippen LogP contribution in [0.1, 0.15) is 45.5 Å². The van der Waals surface area contributed by atoms with Crippen LogP contribution in [0, 0.1) is 5.82 Å². The number of likely N-dealkylation sites (tertiary alicyclic amines) is 1. The molecule has 4 amide bonds. The highest BCUT2D eigenvalue weighted by atomic mass is 19.3. The van der Waals surface area contributed by atoms with Crippen molar-refractivity contribution in [2.75, 3.05) is 44.2 Å². The minimum atomic E-state index is -3.18. The van der Waals surface area contributed by atoms with Gasteiger partial charge in [0.15, 0.2) is 11.4 Å². The Morgan fingerprint density at radius 1 is 1.02 bits per heavy atom. The number of carbonyl (C=O) groups is 4. The molecule has 0 saturated carbocycles. The van der Waals surface area contributed by atoms with Gasteiger partial charge in [0.2, 0.25) is 11.8 Å². The summed E-state index contributed by atoms with van der Waals surface area (Å²) in [5.41, 5.74) is 1.14. The molecule has 14 heteroatoms. The summed E-state index contributed by atoms with van der Waals surface area (Å²) in [5.74, 6) is -5.05. The Balaban J connectivity index is 1.01. The van der Waals surface area contributed by atoms with Crippen LogP contribution in [0.3, 0.4) is 0 Å². The van der Waals surface area contributed by atoms with E-state index in [1.165, 1.54) is 29.2 Å². The number of halogens is 3. The molecule has 3 fully saturated rings. The van der Waals surface area contributed by atoms with Gasteiger partial charge < -0.3 is 19.2 Å². The molecule has 1 N–H and O–H groups in total. The maximum atomic E-state index is 15.7. The van der Waals surface area contributed by atoms with Gasteiger partial charge in [-0.1, -0.05) is 11.2 Å². The first-order valence-corrected chi connectivity index (χ1v) is 14.6. The summed E-state index contributed by atoms with van der Waals surface area (Å²) in [4.78, 5) is 56.9. The molecule has 11 nitrogen and oxygen atoms in total. The largest absolute Gasteiger partial charge is 0.354 e. The molecule has 0 bridgehead atoms. The van der Waals surface area contributed by atoms with E-state index in [1.807, 2.05) is 4.90 Å². The van der Waals surface area contributed by atoms with Crippen LogP contribution in [-0.4, -0.2) is 101 Å². The number of nitrogens with one attached hydrogen (secondary N) is 1. The molecule has 4 aliphatic rings. The minimum Gasteiger partial charge on any atom is -0.354 e. The number of alkyl halides is 2. The van der Waals surface area contributed by atoms with Crippen LogP contribution in [0.15, 0.2) is 40.9 Å². The Kier molecular flexibility index (Phi) is 6.83. The number of piperazine rings is 1. The number of hydrogen-bond donors (Lipinski definition) is 1. The van der Waals surface area contributed by atoms with Gasteiger partial charge in [0.05, 0.1) is 18.0 Å². The third-order valence-electron chi connectivity index (χ3n) is 9.13. The van der Waals surface area contributed by atoms with E-state index in [9.17, 15) is 23.6 Å². The van der Waals surface area contributed by atoms with Crippen molar-refractivity contribution in [1.29, 1.82) is 0 Å². The molecule has 0 spiro atoms. The highest BCUT2D eigenvalue weighted by Gasteiger charge is 2.50. The van der Waals surface area contributed by atoms with Crippen molar-refractivity contribution >= 4 is 40.4 Å². The molecule has 230 valence electrons. The quantitative estimate of drug-likeness (QED) is 0.448. The second-order valence-corrected chi connectivity index (χ2v) is 11.7. The Labute approximate surface area is 249 Å². The van der Waals surface area contributed by atoms with Gasteiger partial charge in [0.1, 0.15) is 11.9 Å². The van der Waals surface area contributed by atoms with Gasteiger partial charge in [0, 0.05) is 62.9 Å². The summed E-state index contributed by atoms with van der Waals surface area (Å²) in [5, 5.41) is 6.97. The number of amides is 4. The average molecular weight is 611 g/mol. The molecule has 2 atom stereocenters. The van der Waals surface area contributed by atoms with Crippen molar-refractivity contribution in [1.82, 2.24) is 25.2 Å². The molecule has 44 heavy (non-hydrogen) atoms. The van der Waals surface area contributed by atoms with Crippen LogP contribution in [0.25, 0.3) is 11.0 Å². The number of aromatic nitrogens is 1. The van der Waals surface area contributed by atoms with Gasteiger partial charge >= 0.3 is 0 Å². The van der Waals surface area contributed by atoms with Gasteiger partial charge in [0.25, 0.3) is 17.7 Å². The zero-order valence-electron chi connectivity index (χ0n) is 23.6. The van der Waals surface area contributed by atoms with Crippen LogP contribution in [0.2, 0.25) is 0 Å². The molecule has 3 saturated heterocycles. The van der Waals surface area contributed by atoms with Crippen molar-refractivity contribution in [3.63, 3.8) is 0 Å². The lowest BCUT2D eigenvalue weighted by Crippen LogP contribution is -2.62. The van der Waals surface area contributed by atoms with Crippen LogP contribution in [-0.2, 0) is 16.1 Å². The van der Waals surface area contributed by atoms with Crippen molar-refractivity contribution in [2.24, 2.45) is 0 Å². The maximum absolute atomic E-state index is 15.7. The van der Waals surface area contributed by atoms with E-state index < -0.39 is 54.0 Å². The molecule has 7 rings (SSSR count). The molecule has 2 unspecified atom stereocenters. The smallest absolute Gasteiger partial charge is 0.280 e. The SMILES string of the molecule is O=C1CCC(N2Cc3c(C(=O)N4CCC(N5CCN(c6noc7cc(F)ccc67)CC5)C(F)(F)C4)cccc3C2=O)C(=O)N1. The van der Waals surface area contributed by atoms with E-state index in [-0.39, 0.29) is 43.5 Å². The van der Waals surface area contributed by atoms with E-state index in [2.05, 4.69) is 10.5 Å². The standard InChI is InChI=1S/C30H29F3N6O5/c31-17-4-5-20-23(14-17)44-35-26(20)37-12-10-36(11-13-37)24-8-9-38(16-30(24,32)33)28(42)18-2-1-3-19-21(18)15-39(29(19)43)22-6-7-25(40)34-27(22)41/h1-5,14,22,24H,6-13,15-16H2,(H,34,40,41). The second kappa shape index (κ2) is 10.6. The van der Waals surface area contributed by atoms with E-state index in [0.717, 1.165) is 4.90 Å². The summed E-state index contributed by atoms with van der Waals surface area (Å²) in [6.45, 7) is 0.916. The highest BCUT2D eigenvalue weighted by molar-refractivity contribution is 6.07. The number of fused-ring (bicyclic) bond motifs is 2. The Morgan fingerprint density at radius 3 is 2.57 bits per heavy atom. The highest BCUT2D eigenvalue weighted by Crippen LogP contribution is 2.36. The zero-order valence-corrected chi connectivity index (χ0v) is 23.6. The number of piperidine rings is 2. The van der Waals surface area contributed by atoms with Crippen LogP contribution < -0.4 is 10.2 Å².